The Morgan fingerprint density at radius 1 is 1.18 bits per heavy atom. The Balaban J connectivity index is 1.76. The van der Waals surface area contributed by atoms with Crippen LogP contribution in [-0.2, 0) is 0 Å². The molecule has 0 aliphatic heterocycles. The molecule has 0 bridgehead atoms. The van der Waals surface area contributed by atoms with Gasteiger partial charge in [-0.1, -0.05) is 31.1 Å². The number of hydrogen-bond donors (Lipinski definition) is 2. The molecule has 0 saturated heterocycles. The fraction of sp³-hybridized carbons (Fsp3) is 0.526. The first-order chi connectivity index (χ1) is 10.7. The van der Waals surface area contributed by atoms with Crippen LogP contribution in [0, 0.1) is 5.92 Å². The van der Waals surface area contributed by atoms with E-state index in [9.17, 15) is 4.79 Å². The number of benzene rings is 1. The van der Waals surface area contributed by atoms with Gasteiger partial charge in [0, 0.05) is 5.69 Å². The largest absolute Gasteiger partial charge is 0.465 e. The second-order valence-electron chi connectivity index (χ2n) is 6.34. The minimum Gasteiger partial charge on any atom is -0.465 e. The fourth-order valence-corrected chi connectivity index (χ4v) is 3.47. The number of allylic oxidation sites excluding steroid dienone is 1. The first kappa shape index (κ1) is 16.6. The highest BCUT2D eigenvalue weighted by Crippen LogP contribution is 2.37. The van der Waals surface area contributed by atoms with Crippen LogP contribution in [0.25, 0.3) is 0 Å². The van der Waals surface area contributed by atoms with Gasteiger partial charge in [0.1, 0.15) is 0 Å². The zero-order valence-corrected chi connectivity index (χ0v) is 13.3. The molecule has 2 N–H and O–H groups in total. The van der Waals surface area contributed by atoms with E-state index in [0.29, 0.717) is 11.6 Å². The summed E-state index contributed by atoms with van der Waals surface area (Å²) >= 11 is 0. The predicted molar refractivity (Wildman–Crippen MR) is 91.5 cm³/mol. The van der Waals surface area contributed by atoms with Crippen molar-refractivity contribution in [3.63, 3.8) is 0 Å². The number of anilines is 1. The highest BCUT2D eigenvalue weighted by molar-refractivity contribution is 5.82. The lowest BCUT2D eigenvalue weighted by Crippen LogP contribution is -2.13. The van der Waals surface area contributed by atoms with Gasteiger partial charge in [-0.05, 0) is 68.1 Å². The molecule has 22 heavy (non-hydrogen) atoms. The second kappa shape index (κ2) is 8.62. The number of rotatable bonds is 7. The third-order valence-corrected chi connectivity index (χ3v) is 4.75. The van der Waals surface area contributed by atoms with Crippen LogP contribution < -0.4 is 5.32 Å². The number of carbonyl (C=O) groups is 1. The van der Waals surface area contributed by atoms with Gasteiger partial charge in [-0.15, -0.1) is 6.58 Å². The molecule has 0 aromatic heterocycles. The molecular weight excluding hydrogens is 274 g/mol. The molecule has 1 aromatic carbocycles. The average Bonchev–Trinajstić information content (AvgIpc) is 2.52. The van der Waals surface area contributed by atoms with Crippen molar-refractivity contribution in [1.29, 1.82) is 0 Å². The van der Waals surface area contributed by atoms with E-state index >= 15 is 0 Å². The van der Waals surface area contributed by atoms with Gasteiger partial charge < -0.3 is 5.11 Å². The van der Waals surface area contributed by atoms with E-state index in [2.05, 4.69) is 24.0 Å². The zero-order chi connectivity index (χ0) is 15.8. The summed E-state index contributed by atoms with van der Waals surface area (Å²) < 4.78 is 0. The highest BCUT2D eigenvalue weighted by Gasteiger charge is 2.21. The summed E-state index contributed by atoms with van der Waals surface area (Å²) in [5, 5.41) is 11.1. The summed E-state index contributed by atoms with van der Waals surface area (Å²) in [6.45, 7) is 3.77. The number of carboxylic acid groups (broad SMARTS) is 1. The van der Waals surface area contributed by atoms with E-state index in [0.717, 1.165) is 12.3 Å². The van der Waals surface area contributed by atoms with Gasteiger partial charge in [-0.2, -0.15) is 0 Å². The smallest absolute Gasteiger partial charge is 0.409 e. The highest BCUT2D eigenvalue weighted by atomic mass is 16.4. The molecule has 3 nitrogen and oxygen atoms in total. The Labute approximate surface area is 133 Å². The van der Waals surface area contributed by atoms with Gasteiger partial charge in [0.05, 0.1) is 0 Å². The Morgan fingerprint density at radius 2 is 1.86 bits per heavy atom. The van der Waals surface area contributed by atoms with Gasteiger partial charge in [-0.25, -0.2) is 4.79 Å². The molecule has 120 valence electrons. The lowest BCUT2D eigenvalue weighted by molar-refractivity contribution is 0.210. The van der Waals surface area contributed by atoms with E-state index in [1.165, 1.54) is 50.5 Å². The molecule has 1 saturated carbocycles. The number of hydrogen-bond acceptors (Lipinski definition) is 1. The molecule has 2 rings (SSSR count). The molecule has 0 heterocycles. The van der Waals surface area contributed by atoms with Crippen LogP contribution >= 0.6 is 0 Å². The van der Waals surface area contributed by atoms with Gasteiger partial charge in [-0.3, -0.25) is 5.32 Å². The van der Waals surface area contributed by atoms with Crippen molar-refractivity contribution < 1.29 is 9.90 Å². The molecule has 0 radical (unpaired) electrons. The monoisotopic (exact) mass is 301 g/mol. The third-order valence-electron chi connectivity index (χ3n) is 4.75. The second-order valence-corrected chi connectivity index (χ2v) is 6.34. The Kier molecular flexibility index (Phi) is 6.50. The van der Waals surface area contributed by atoms with Crippen LogP contribution in [0.5, 0.6) is 0 Å². The Bertz CT molecular complexity index is 473. The molecule has 0 spiro atoms. The van der Waals surface area contributed by atoms with Crippen LogP contribution in [0.1, 0.15) is 62.8 Å². The van der Waals surface area contributed by atoms with Crippen molar-refractivity contribution in [2.24, 2.45) is 5.92 Å². The number of nitrogens with one attached hydrogen (secondary N) is 1. The summed E-state index contributed by atoms with van der Waals surface area (Å²) in [5.41, 5.74) is 1.99. The van der Waals surface area contributed by atoms with E-state index in [1.54, 1.807) is 0 Å². The fourth-order valence-electron chi connectivity index (χ4n) is 3.47. The molecule has 1 aliphatic rings. The summed E-state index contributed by atoms with van der Waals surface area (Å²) in [7, 11) is 0. The SMILES string of the molecule is C=CCCCC[C@H]1CC[C@H](c2ccc(NC(=O)O)cc2)CC1. The van der Waals surface area contributed by atoms with E-state index in [1.807, 2.05) is 18.2 Å². The minimum absolute atomic E-state index is 0.642. The molecule has 1 amide bonds. The van der Waals surface area contributed by atoms with Crippen molar-refractivity contribution >= 4 is 11.8 Å². The maximum atomic E-state index is 10.6. The van der Waals surface area contributed by atoms with Crippen LogP contribution in [0.2, 0.25) is 0 Å². The normalized spacial score (nSPS) is 21.3. The van der Waals surface area contributed by atoms with E-state index < -0.39 is 6.09 Å². The van der Waals surface area contributed by atoms with Crippen LogP contribution in [0.15, 0.2) is 36.9 Å². The van der Waals surface area contributed by atoms with Gasteiger partial charge in [0.15, 0.2) is 0 Å². The first-order valence-electron chi connectivity index (χ1n) is 8.40. The average molecular weight is 301 g/mol. The maximum Gasteiger partial charge on any atom is 0.409 e. The lowest BCUT2D eigenvalue weighted by atomic mass is 9.77. The van der Waals surface area contributed by atoms with Crippen molar-refractivity contribution in [1.82, 2.24) is 0 Å². The molecule has 1 aromatic rings. The lowest BCUT2D eigenvalue weighted by Gasteiger charge is -2.29. The topological polar surface area (TPSA) is 49.3 Å². The maximum absolute atomic E-state index is 10.6. The summed E-state index contributed by atoms with van der Waals surface area (Å²) in [5.74, 6) is 1.54. The first-order valence-corrected chi connectivity index (χ1v) is 8.40. The van der Waals surface area contributed by atoms with Crippen molar-refractivity contribution in [3.05, 3.63) is 42.5 Å². The number of unbranched alkanes of at least 4 members (excludes halogenated alkanes) is 2. The number of amides is 1. The van der Waals surface area contributed by atoms with Gasteiger partial charge in [0.2, 0.25) is 0 Å². The third kappa shape index (κ3) is 5.21. The van der Waals surface area contributed by atoms with Crippen molar-refractivity contribution in [2.45, 2.75) is 57.3 Å². The van der Waals surface area contributed by atoms with Crippen LogP contribution in [0.4, 0.5) is 10.5 Å². The van der Waals surface area contributed by atoms with E-state index in [-0.39, 0.29) is 0 Å². The Morgan fingerprint density at radius 3 is 2.45 bits per heavy atom. The van der Waals surface area contributed by atoms with Crippen LogP contribution in [0.3, 0.4) is 0 Å². The summed E-state index contributed by atoms with van der Waals surface area (Å²) in [6.07, 6.45) is 11.3. The van der Waals surface area contributed by atoms with Crippen molar-refractivity contribution in [3.8, 4) is 0 Å². The molecule has 3 heteroatoms. The summed E-state index contributed by atoms with van der Waals surface area (Å²) in [6, 6.07) is 7.87. The van der Waals surface area contributed by atoms with Gasteiger partial charge >= 0.3 is 6.09 Å². The molecular formula is C19H27NO2. The summed E-state index contributed by atoms with van der Waals surface area (Å²) in [4.78, 5) is 10.6. The predicted octanol–water partition coefficient (Wildman–Crippen LogP) is 5.80. The zero-order valence-electron chi connectivity index (χ0n) is 13.3. The van der Waals surface area contributed by atoms with E-state index in [4.69, 9.17) is 5.11 Å². The van der Waals surface area contributed by atoms with Crippen molar-refractivity contribution in [2.75, 3.05) is 5.32 Å². The Hall–Kier alpha value is -1.77. The van der Waals surface area contributed by atoms with Crippen LogP contribution in [-0.4, -0.2) is 11.2 Å². The molecule has 1 fully saturated rings. The minimum atomic E-state index is -1.01. The van der Waals surface area contributed by atoms with Gasteiger partial charge in [0.25, 0.3) is 0 Å². The standard InChI is InChI=1S/C19H27NO2/c1-2-3-4-5-6-15-7-9-16(10-8-15)17-11-13-18(14-12-17)20-19(21)22/h2,11-16,20H,1,3-10H2,(H,21,22)/t15-,16-. The molecule has 0 atom stereocenters. The molecule has 1 aliphatic carbocycles. The molecule has 0 unspecified atom stereocenters. The quantitative estimate of drug-likeness (QED) is 0.494.